The molecule has 1 aromatic rings. The van der Waals surface area contributed by atoms with Gasteiger partial charge < -0.3 is 11.1 Å². The van der Waals surface area contributed by atoms with E-state index in [0.29, 0.717) is 24.2 Å². The smallest absolute Gasteiger partial charge is 0.244 e. The van der Waals surface area contributed by atoms with Gasteiger partial charge in [0.25, 0.3) is 0 Å². The zero-order valence-electron chi connectivity index (χ0n) is 10.6. The molecule has 19 heavy (non-hydrogen) atoms. The Morgan fingerprint density at radius 1 is 1.26 bits per heavy atom. The van der Waals surface area contributed by atoms with Gasteiger partial charge in [0.05, 0.1) is 11.3 Å². The van der Waals surface area contributed by atoms with Crippen molar-refractivity contribution < 1.29 is 13.2 Å². The maximum absolute atomic E-state index is 11.7. The summed E-state index contributed by atoms with van der Waals surface area (Å²) >= 11 is 0. The normalized spacial score (nSPS) is 16.7. The highest BCUT2D eigenvalue weighted by atomic mass is 32.2. The van der Waals surface area contributed by atoms with E-state index >= 15 is 0 Å². The molecule has 0 aromatic heterocycles. The molecule has 7 heteroatoms. The molecular weight excluding hydrogens is 266 g/mol. The zero-order chi connectivity index (χ0) is 14.1. The van der Waals surface area contributed by atoms with Gasteiger partial charge in [-0.05, 0) is 44.0 Å². The number of benzene rings is 1. The van der Waals surface area contributed by atoms with E-state index in [-0.39, 0.29) is 11.7 Å². The van der Waals surface area contributed by atoms with Gasteiger partial charge in [-0.15, -0.1) is 0 Å². The third-order valence-corrected chi connectivity index (χ3v) is 4.34. The number of hydrogen-bond acceptors (Lipinski definition) is 4. The second-order valence-corrected chi connectivity index (χ2v) is 6.70. The zero-order valence-corrected chi connectivity index (χ0v) is 11.5. The third kappa shape index (κ3) is 3.45. The van der Waals surface area contributed by atoms with Gasteiger partial charge in [0.15, 0.2) is 0 Å². The van der Waals surface area contributed by atoms with E-state index in [4.69, 9.17) is 5.73 Å². The summed E-state index contributed by atoms with van der Waals surface area (Å²) in [5, 5.41) is 2.71. The second-order valence-electron chi connectivity index (χ2n) is 4.69. The number of rotatable bonds is 5. The average Bonchev–Trinajstić information content (AvgIpc) is 3.11. The number of hydrogen-bond donors (Lipinski definition) is 3. The number of anilines is 2. The molecule has 1 fully saturated rings. The monoisotopic (exact) mass is 283 g/mol. The van der Waals surface area contributed by atoms with Crippen molar-refractivity contribution in [2.24, 2.45) is 5.73 Å². The summed E-state index contributed by atoms with van der Waals surface area (Å²) < 4.78 is 25.2. The molecule has 0 saturated heterocycles. The number of carbonyl (C=O) groups excluding carboxylic acids is 1. The van der Waals surface area contributed by atoms with Crippen molar-refractivity contribution in [3.8, 4) is 0 Å². The SMILES string of the molecule is CCS(=O)(=O)Nc1ccc(NC(=O)C2(N)CC2)cc1. The van der Waals surface area contributed by atoms with Crippen LogP contribution < -0.4 is 15.8 Å². The number of amides is 1. The van der Waals surface area contributed by atoms with Gasteiger partial charge in [-0.2, -0.15) is 0 Å². The number of carbonyl (C=O) groups is 1. The van der Waals surface area contributed by atoms with E-state index in [0.717, 1.165) is 0 Å². The lowest BCUT2D eigenvalue weighted by atomic mass is 10.2. The molecule has 0 aliphatic heterocycles. The minimum atomic E-state index is -3.28. The van der Waals surface area contributed by atoms with E-state index in [9.17, 15) is 13.2 Å². The Morgan fingerprint density at radius 2 is 1.79 bits per heavy atom. The molecule has 0 radical (unpaired) electrons. The van der Waals surface area contributed by atoms with Gasteiger partial charge in [-0.1, -0.05) is 0 Å². The van der Waals surface area contributed by atoms with Crippen molar-refractivity contribution in [3.05, 3.63) is 24.3 Å². The Kier molecular flexibility index (Phi) is 3.51. The van der Waals surface area contributed by atoms with E-state index in [1.165, 1.54) is 0 Å². The summed E-state index contributed by atoms with van der Waals surface area (Å²) in [6.07, 6.45) is 1.40. The Bertz CT molecular complexity index is 577. The van der Waals surface area contributed by atoms with Gasteiger partial charge in [0.1, 0.15) is 0 Å². The molecule has 1 aromatic carbocycles. The molecule has 1 aliphatic rings. The fraction of sp³-hybridized carbons (Fsp3) is 0.417. The summed E-state index contributed by atoms with van der Waals surface area (Å²) in [4.78, 5) is 11.7. The van der Waals surface area contributed by atoms with Crippen molar-refractivity contribution in [1.82, 2.24) is 0 Å². The molecule has 104 valence electrons. The predicted molar refractivity (Wildman–Crippen MR) is 74.3 cm³/mol. The maximum Gasteiger partial charge on any atom is 0.244 e. The predicted octanol–water partition coefficient (Wildman–Crippen LogP) is 0.878. The van der Waals surface area contributed by atoms with Gasteiger partial charge in [0, 0.05) is 11.4 Å². The second kappa shape index (κ2) is 4.82. The van der Waals surface area contributed by atoms with Crippen LogP contribution in [0.5, 0.6) is 0 Å². The summed E-state index contributed by atoms with van der Waals surface area (Å²) in [7, 11) is -3.28. The Hall–Kier alpha value is -1.60. The van der Waals surface area contributed by atoms with E-state index in [1.807, 2.05) is 0 Å². The molecule has 1 aliphatic carbocycles. The molecule has 0 unspecified atom stereocenters. The molecule has 2 rings (SSSR count). The highest BCUT2D eigenvalue weighted by molar-refractivity contribution is 7.92. The van der Waals surface area contributed by atoms with Crippen molar-refractivity contribution in [1.29, 1.82) is 0 Å². The first-order valence-electron chi connectivity index (χ1n) is 6.05. The first-order valence-corrected chi connectivity index (χ1v) is 7.71. The number of sulfonamides is 1. The Balaban J connectivity index is 2.00. The Labute approximate surface area is 112 Å². The lowest BCUT2D eigenvalue weighted by Crippen LogP contribution is -2.37. The molecular formula is C12H17N3O3S. The minimum Gasteiger partial charge on any atom is -0.324 e. The molecule has 0 atom stereocenters. The van der Waals surface area contributed by atoms with Gasteiger partial charge in [-0.25, -0.2) is 8.42 Å². The fourth-order valence-electron chi connectivity index (χ4n) is 1.49. The lowest BCUT2D eigenvalue weighted by molar-refractivity contribution is -0.118. The van der Waals surface area contributed by atoms with Crippen molar-refractivity contribution in [3.63, 3.8) is 0 Å². The molecule has 4 N–H and O–H groups in total. The van der Waals surface area contributed by atoms with Gasteiger partial charge >= 0.3 is 0 Å². The molecule has 1 saturated carbocycles. The maximum atomic E-state index is 11.7. The highest BCUT2D eigenvalue weighted by Gasteiger charge is 2.45. The van der Waals surface area contributed by atoms with Crippen LogP contribution in [0.4, 0.5) is 11.4 Å². The third-order valence-electron chi connectivity index (χ3n) is 3.04. The van der Waals surface area contributed by atoms with E-state index < -0.39 is 15.6 Å². The average molecular weight is 283 g/mol. The molecule has 0 heterocycles. The minimum absolute atomic E-state index is 0.0151. The van der Waals surface area contributed by atoms with Crippen molar-refractivity contribution >= 4 is 27.3 Å². The van der Waals surface area contributed by atoms with Crippen LogP contribution in [-0.4, -0.2) is 25.6 Å². The van der Waals surface area contributed by atoms with Crippen LogP contribution in [0.25, 0.3) is 0 Å². The standard InChI is InChI=1S/C12H17N3O3S/c1-2-19(17,18)15-10-5-3-9(4-6-10)14-11(16)12(13)7-8-12/h3-6,15H,2,7-8,13H2,1H3,(H,14,16). The number of nitrogens with two attached hydrogens (primary N) is 1. The van der Waals surface area contributed by atoms with E-state index in [2.05, 4.69) is 10.0 Å². The van der Waals surface area contributed by atoms with Crippen LogP contribution >= 0.6 is 0 Å². The summed E-state index contributed by atoms with van der Waals surface area (Å²) in [5.41, 5.74) is 6.11. The van der Waals surface area contributed by atoms with Crippen molar-refractivity contribution in [2.75, 3.05) is 15.8 Å². The topological polar surface area (TPSA) is 101 Å². The first-order chi connectivity index (χ1) is 8.85. The quantitative estimate of drug-likeness (QED) is 0.746. The summed E-state index contributed by atoms with van der Waals surface area (Å²) in [6.45, 7) is 1.56. The summed E-state index contributed by atoms with van der Waals surface area (Å²) in [5.74, 6) is -0.185. The van der Waals surface area contributed by atoms with E-state index in [1.54, 1.807) is 31.2 Å². The molecule has 6 nitrogen and oxygen atoms in total. The Morgan fingerprint density at radius 3 is 2.26 bits per heavy atom. The first kappa shape index (κ1) is 13.8. The molecule has 1 amide bonds. The summed E-state index contributed by atoms with van der Waals surface area (Å²) in [6, 6.07) is 6.46. The molecule has 0 bridgehead atoms. The largest absolute Gasteiger partial charge is 0.324 e. The highest BCUT2D eigenvalue weighted by Crippen LogP contribution is 2.33. The van der Waals surface area contributed by atoms with Crippen LogP contribution in [0, 0.1) is 0 Å². The fourth-order valence-corrected chi connectivity index (χ4v) is 2.13. The number of nitrogens with one attached hydrogen (secondary N) is 2. The van der Waals surface area contributed by atoms with Gasteiger partial charge in [-0.3, -0.25) is 9.52 Å². The van der Waals surface area contributed by atoms with Crippen molar-refractivity contribution in [2.45, 2.75) is 25.3 Å². The molecule has 0 spiro atoms. The van der Waals surface area contributed by atoms with Crippen LogP contribution in [0.15, 0.2) is 24.3 Å². The van der Waals surface area contributed by atoms with Crippen LogP contribution in [0.1, 0.15) is 19.8 Å². The lowest BCUT2D eigenvalue weighted by Gasteiger charge is -2.11. The van der Waals surface area contributed by atoms with Crippen LogP contribution in [-0.2, 0) is 14.8 Å². The van der Waals surface area contributed by atoms with Crippen LogP contribution in [0.3, 0.4) is 0 Å². The van der Waals surface area contributed by atoms with Gasteiger partial charge in [0.2, 0.25) is 15.9 Å². The van der Waals surface area contributed by atoms with Crippen LogP contribution in [0.2, 0.25) is 0 Å².